The predicted molar refractivity (Wildman–Crippen MR) is 69.5 cm³/mol. The number of carbonyl (C=O) groups excluding carboxylic acids is 2. The molecular formula is C14H21ClO3. The van der Waals surface area contributed by atoms with Crippen LogP contribution in [0.25, 0.3) is 0 Å². The van der Waals surface area contributed by atoms with Crippen LogP contribution in [0.4, 0.5) is 0 Å². The Balaban J connectivity index is 2.42. The number of esters is 1. The minimum absolute atomic E-state index is 0.137. The number of hydrogen-bond acceptors (Lipinski definition) is 3. The molecule has 18 heavy (non-hydrogen) atoms. The fourth-order valence-corrected chi connectivity index (χ4v) is 4.31. The van der Waals surface area contributed by atoms with Gasteiger partial charge in [-0.05, 0) is 32.1 Å². The van der Waals surface area contributed by atoms with E-state index in [-0.39, 0.29) is 22.5 Å². The van der Waals surface area contributed by atoms with Gasteiger partial charge in [0.05, 0.1) is 5.38 Å². The third kappa shape index (κ3) is 1.87. The van der Waals surface area contributed by atoms with Gasteiger partial charge in [0.25, 0.3) is 0 Å². The molecule has 4 heteroatoms. The molecule has 0 bridgehead atoms. The lowest BCUT2D eigenvalue weighted by Gasteiger charge is -2.54. The summed E-state index contributed by atoms with van der Waals surface area (Å²) in [5, 5.41) is -0.176. The van der Waals surface area contributed by atoms with Crippen LogP contribution in [0.5, 0.6) is 0 Å². The van der Waals surface area contributed by atoms with Crippen LogP contribution in [0.3, 0.4) is 0 Å². The number of ketones is 1. The number of Topliss-reactive ketones (excluding diaryl/α,β-unsaturated/α-hetero) is 1. The maximum absolute atomic E-state index is 11.6. The van der Waals surface area contributed by atoms with Gasteiger partial charge in [-0.25, -0.2) is 0 Å². The molecule has 1 saturated carbocycles. The van der Waals surface area contributed by atoms with Gasteiger partial charge in [0.2, 0.25) is 0 Å². The summed E-state index contributed by atoms with van der Waals surface area (Å²) in [5.74, 6) is 0.296. The first-order valence-electron chi connectivity index (χ1n) is 6.67. The van der Waals surface area contributed by atoms with Gasteiger partial charge in [-0.15, -0.1) is 11.6 Å². The van der Waals surface area contributed by atoms with Crippen LogP contribution >= 0.6 is 11.6 Å². The fourth-order valence-electron chi connectivity index (χ4n) is 3.78. The van der Waals surface area contributed by atoms with Crippen LogP contribution in [0, 0.1) is 11.3 Å². The van der Waals surface area contributed by atoms with Crippen molar-refractivity contribution in [3.8, 4) is 0 Å². The molecule has 1 heterocycles. The highest BCUT2D eigenvalue weighted by atomic mass is 35.5. The third-order valence-corrected chi connectivity index (χ3v) is 5.60. The van der Waals surface area contributed by atoms with E-state index in [4.69, 9.17) is 16.3 Å². The van der Waals surface area contributed by atoms with Gasteiger partial charge < -0.3 is 9.53 Å². The lowest BCUT2D eigenvalue weighted by atomic mass is 9.56. The maximum atomic E-state index is 11.6. The second-order valence-electron chi connectivity index (χ2n) is 6.11. The molecule has 1 aliphatic carbocycles. The average molecular weight is 273 g/mol. The number of ether oxygens (including phenoxy) is 1. The molecule has 0 aromatic carbocycles. The van der Waals surface area contributed by atoms with E-state index in [1.165, 1.54) is 0 Å². The highest BCUT2D eigenvalue weighted by Gasteiger charge is 2.62. The zero-order valence-electron chi connectivity index (χ0n) is 11.3. The van der Waals surface area contributed by atoms with Gasteiger partial charge >= 0.3 is 5.97 Å². The van der Waals surface area contributed by atoms with Gasteiger partial charge in [0, 0.05) is 18.3 Å². The largest absolute Gasteiger partial charge is 0.457 e. The first-order chi connectivity index (χ1) is 8.32. The summed E-state index contributed by atoms with van der Waals surface area (Å²) in [6, 6.07) is 0. The number of carbonyl (C=O) groups is 2. The van der Waals surface area contributed by atoms with Crippen LogP contribution in [-0.4, -0.2) is 22.7 Å². The quantitative estimate of drug-likeness (QED) is 0.573. The molecule has 1 spiro atoms. The molecule has 1 aliphatic heterocycles. The van der Waals surface area contributed by atoms with Crippen molar-refractivity contribution in [3.05, 3.63) is 0 Å². The summed E-state index contributed by atoms with van der Waals surface area (Å²) < 4.78 is 5.67. The van der Waals surface area contributed by atoms with Crippen molar-refractivity contribution < 1.29 is 14.3 Å². The van der Waals surface area contributed by atoms with E-state index >= 15 is 0 Å². The van der Waals surface area contributed by atoms with E-state index in [0.717, 1.165) is 12.8 Å². The number of rotatable bonds is 2. The van der Waals surface area contributed by atoms with Crippen molar-refractivity contribution >= 4 is 23.4 Å². The summed E-state index contributed by atoms with van der Waals surface area (Å²) in [5.41, 5.74) is -0.982. The van der Waals surface area contributed by atoms with Crippen LogP contribution in [-0.2, 0) is 14.3 Å². The van der Waals surface area contributed by atoms with E-state index < -0.39 is 5.60 Å². The van der Waals surface area contributed by atoms with Gasteiger partial charge in [-0.2, -0.15) is 0 Å². The second kappa shape index (κ2) is 4.52. The fraction of sp³-hybridized carbons (Fsp3) is 0.857. The summed E-state index contributed by atoms with van der Waals surface area (Å²) in [4.78, 5) is 23.2. The topological polar surface area (TPSA) is 43.4 Å². The molecule has 0 amide bonds. The summed E-state index contributed by atoms with van der Waals surface area (Å²) >= 11 is 6.49. The van der Waals surface area contributed by atoms with E-state index in [9.17, 15) is 9.59 Å². The Bertz CT molecular complexity index is 381. The molecule has 0 aromatic rings. The van der Waals surface area contributed by atoms with E-state index in [1.54, 1.807) is 6.92 Å². The van der Waals surface area contributed by atoms with E-state index in [1.807, 2.05) is 0 Å². The molecule has 2 aliphatic rings. The van der Waals surface area contributed by atoms with Crippen molar-refractivity contribution in [2.45, 2.75) is 63.9 Å². The number of halogens is 1. The molecule has 0 radical (unpaired) electrons. The van der Waals surface area contributed by atoms with Gasteiger partial charge in [-0.1, -0.05) is 13.8 Å². The molecule has 1 saturated heterocycles. The summed E-state index contributed by atoms with van der Waals surface area (Å²) in [6.07, 6.45) is 3.34. The van der Waals surface area contributed by atoms with Crippen molar-refractivity contribution in [1.82, 2.24) is 0 Å². The standard InChI is InChI=1S/C14H21ClO3/c1-9-4-5-11(15)14(7-6-12(17)18-14)13(9,3)8-10(2)16/h9,11H,4-8H2,1-3H3. The molecule has 4 unspecified atom stereocenters. The van der Waals surface area contributed by atoms with Gasteiger partial charge in [-0.3, -0.25) is 4.79 Å². The Morgan fingerprint density at radius 1 is 1.50 bits per heavy atom. The molecule has 102 valence electrons. The Hall–Kier alpha value is -0.570. The Morgan fingerprint density at radius 3 is 2.67 bits per heavy atom. The maximum Gasteiger partial charge on any atom is 0.306 e. The smallest absolute Gasteiger partial charge is 0.306 e. The minimum Gasteiger partial charge on any atom is -0.457 e. The number of hydrogen-bond donors (Lipinski definition) is 0. The summed E-state index contributed by atoms with van der Waals surface area (Å²) in [6.45, 7) is 5.80. The van der Waals surface area contributed by atoms with E-state index in [0.29, 0.717) is 25.2 Å². The molecular weight excluding hydrogens is 252 g/mol. The molecule has 0 aromatic heterocycles. The Labute approximate surface area is 113 Å². The Morgan fingerprint density at radius 2 is 2.17 bits per heavy atom. The average Bonchev–Trinajstić information content (AvgIpc) is 2.66. The zero-order chi connectivity index (χ0) is 13.6. The molecule has 2 rings (SSSR count). The van der Waals surface area contributed by atoms with Crippen molar-refractivity contribution in [2.24, 2.45) is 11.3 Å². The van der Waals surface area contributed by atoms with Crippen molar-refractivity contribution in [2.75, 3.05) is 0 Å². The van der Waals surface area contributed by atoms with Crippen LogP contribution < -0.4 is 0 Å². The minimum atomic E-state index is -0.644. The van der Waals surface area contributed by atoms with Crippen molar-refractivity contribution in [1.29, 1.82) is 0 Å². The molecule has 4 atom stereocenters. The lowest BCUT2D eigenvalue weighted by molar-refractivity contribution is -0.175. The SMILES string of the molecule is CC(=O)CC1(C)C(C)CCC(Cl)C12CCC(=O)O2. The Kier molecular flexibility index (Phi) is 3.48. The van der Waals surface area contributed by atoms with Crippen LogP contribution in [0.2, 0.25) is 0 Å². The third-order valence-electron chi connectivity index (χ3n) is 5.03. The molecule has 0 N–H and O–H groups in total. The highest BCUT2D eigenvalue weighted by Crippen LogP contribution is 2.57. The van der Waals surface area contributed by atoms with Crippen LogP contribution in [0.15, 0.2) is 0 Å². The van der Waals surface area contributed by atoms with Crippen LogP contribution in [0.1, 0.15) is 52.9 Å². The van der Waals surface area contributed by atoms with Gasteiger partial charge in [0.1, 0.15) is 11.4 Å². The monoisotopic (exact) mass is 272 g/mol. The highest BCUT2D eigenvalue weighted by molar-refractivity contribution is 6.21. The van der Waals surface area contributed by atoms with Gasteiger partial charge in [0.15, 0.2) is 0 Å². The first-order valence-corrected chi connectivity index (χ1v) is 7.11. The lowest BCUT2D eigenvalue weighted by Crippen LogP contribution is -2.59. The molecule has 3 nitrogen and oxygen atoms in total. The second-order valence-corrected chi connectivity index (χ2v) is 6.63. The summed E-state index contributed by atoms with van der Waals surface area (Å²) in [7, 11) is 0. The molecule has 2 fully saturated rings. The van der Waals surface area contributed by atoms with Crippen molar-refractivity contribution in [3.63, 3.8) is 0 Å². The zero-order valence-corrected chi connectivity index (χ0v) is 12.0. The first kappa shape index (κ1) is 13.9. The number of alkyl halides is 1. The van der Waals surface area contributed by atoms with E-state index in [2.05, 4.69) is 13.8 Å². The predicted octanol–water partition coefficient (Wildman–Crippen LogP) is 3.08. The normalized spacial score (nSPS) is 44.1.